The quantitative estimate of drug-likeness (QED) is 0.188. The summed E-state index contributed by atoms with van der Waals surface area (Å²) < 4.78 is 58.7. The van der Waals surface area contributed by atoms with Gasteiger partial charge in [-0.3, -0.25) is 0 Å². The van der Waals surface area contributed by atoms with Crippen molar-refractivity contribution in [2.24, 2.45) is 0 Å². The smallest absolute Gasteiger partial charge is 0.256 e. The molecule has 186 valence electrons. The highest BCUT2D eigenvalue weighted by Gasteiger charge is 2.29. The van der Waals surface area contributed by atoms with Crippen molar-refractivity contribution >= 4 is 10.9 Å². The summed E-state index contributed by atoms with van der Waals surface area (Å²) >= 11 is 0. The van der Waals surface area contributed by atoms with Gasteiger partial charge < -0.3 is 10.1 Å². The molecule has 0 bridgehead atoms. The molecule has 0 amide bonds. The molecule has 2 aromatic heterocycles. The van der Waals surface area contributed by atoms with Gasteiger partial charge in [0.25, 0.3) is 5.69 Å². The summed E-state index contributed by atoms with van der Waals surface area (Å²) in [7, 11) is 0. The Morgan fingerprint density at radius 3 is 2.25 bits per heavy atom. The van der Waals surface area contributed by atoms with Crippen LogP contribution in [0.4, 0.5) is 17.6 Å². The SMILES string of the molecule is CC(C)N1CCC(c2cc(-c3ccc(F)cc3F)c3cc[n+]([O-])c(-c4c(F)cccc4F)c3n2)CC1. The van der Waals surface area contributed by atoms with Crippen LogP contribution in [0.3, 0.4) is 0 Å². The molecule has 0 saturated carbocycles. The number of nitrogens with zero attached hydrogens (tertiary/aromatic N) is 3. The van der Waals surface area contributed by atoms with Crippen molar-refractivity contribution in [2.75, 3.05) is 13.1 Å². The second-order valence-corrected chi connectivity index (χ2v) is 9.47. The van der Waals surface area contributed by atoms with E-state index in [4.69, 9.17) is 4.98 Å². The third-order valence-electron chi connectivity index (χ3n) is 7.00. The molecule has 0 spiro atoms. The molecule has 0 N–H and O–H groups in total. The number of fused-ring (bicyclic) bond motifs is 1. The Hall–Kier alpha value is -3.52. The number of likely N-dealkylation sites (tertiary alicyclic amines) is 1. The van der Waals surface area contributed by atoms with Gasteiger partial charge in [-0.05, 0) is 75.7 Å². The van der Waals surface area contributed by atoms with Crippen LogP contribution in [0.5, 0.6) is 0 Å². The minimum atomic E-state index is -0.904. The van der Waals surface area contributed by atoms with E-state index in [1.54, 1.807) is 6.07 Å². The highest BCUT2D eigenvalue weighted by atomic mass is 19.1. The van der Waals surface area contributed by atoms with E-state index in [1.165, 1.54) is 18.2 Å². The number of hydrogen-bond acceptors (Lipinski definition) is 3. The summed E-state index contributed by atoms with van der Waals surface area (Å²) in [6.45, 7) is 5.94. The molecule has 36 heavy (non-hydrogen) atoms. The van der Waals surface area contributed by atoms with Crippen molar-refractivity contribution in [1.29, 1.82) is 0 Å². The standard InChI is InChI=1S/C28H25F4N3O/c1-16(2)34-11-8-17(9-12-34)25-15-21(19-7-6-18(29)14-24(19)32)20-10-13-35(36)28(27(20)33-25)26-22(30)4-3-5-23(26)31/h3-7,10,13-17H,8-9,11-12H2,1-2H3. The van der Waals surface area contributed by atoms with E-state index >= 15 is 0 Å². The summed E-state index contributed by atoms with van der Waals surface area (Å²) in [6, 6.07) is 10.2. The minimum absolute atomic E-state index is 0.00489. The Bertz CT molecular complexity index is 1430. The van der Waals surface area contributed by atoms with Gasteiger partial charge >= 0.3 is 0 Å². The average Bonchev–Trinajstić information content (AvgIpc) is 2.84. The van der Waals surface area contributed by atoms with E-state index in [0.717, 1.165) is 56.4 Å². The summed E-state index contributed by atoms with van der Waals surface area (Å²) in [5.74, 6) is -3.30. The maximum Gasteiger partial charge on any atom is 0.256 e. The fourth-order valence-corrected chi connectivity index (χ4v) is 5.05. The van der Waals surface area contributed by atoms with Gasteiger partial charge in [-0.1, -0.05) is 6.07 Å². The van der Waals surface area contributed by atoms with Gasteiger partial charge in [0.05, 0.1) is 0 Å². The van der Waals surface area contributed by atoms with Crippen LogP contribution in [0.15, 0.2) is 54.7 Å². The van der Waals surface area contributed by atoms with E-state index in [-0.39, 0.29) is 22.7 Å². The van der Waals surface area contributed by atoms with Gasteiger partial charge in [0, 0.05) is 40.7 Å². The second kappa shape index (κ2) is 9.50. The number of benzene rings is 2. The molecule has 2 aromatic carbocycles. The number of hydrogen-bond donors (Lipinski definition) is 0. The first kappa shape index (κ1) is 24.2. The maximum absolute atomic E-state index is 15.0. The summed E-state index contributed by atoms with van der Waals surface area (Å²) in [5.41, 5.74) is 0.398. The Balaban J connectivity index is 1.78. The fourth-order valence-electron chi connectivity index (χ4n) is 5.05. The molecule has 0 unspecified atom stereocenters. The van der Waals surface area contributed by atoms with E-state index in [0.29, 0.717) is 27.4 Å². The number of aromatic nitrogens is 2. The van der Waals surface area contributed by atoms with Crippen molar-refractivity contribution in [3.05, 3.63) is 88.9 Å². The third kappa shape index (κ3) is 4.30. The molecule has 0 aliphatic carbocycles. The van der Waals surface area contributed by atoms with Gasteiger partial charge in [0.2, 0.25) is 0 Å². The maximum atomic E-state index is 15.0. The lowest BCUT2D eigenvalue weighted by atomic mass is 9.89. The van der Waals surface area contributed by atoms with Crippen LogP contribution >= 0.6 is 0 Å². The van der Waals surface area contributed by atoms with Crippen LogP contribution in [0, 0.1) is 28.5 Å². The van der Waals surface area contributed by atoms with Crippen molar-refractivity contribution in [2.45, 2.75) is 38.6 Å². The molecule has 0 atom stereocenters. The monoisotopic (exact) mass is 495 g/mol. The van der Waals surface area contributed by atoms with Crippen LogP contribution in [-0.2, 0) is 0 Å². The van der Waals surface area contributed by atoms with Crippen LogP contribution in [-0.4, -0.2) is 29.0 Å². The molecule has 3 heterocycles. The summed E-state index contributed by atoms with van der Waals surface area (Å²) in [5, 5.41) is 13.3. The molecule has 1 aliphatic rings. The molecule has 1 saturated heterocycles. The minimum Gasteiger partial charge on any atom is -0.618 e. The van der Waals surface area contributed by atoms with Crippen molar-refractivity contribution in [3.63, 3.8) is 0 Å². The lowest BCUT2D eigenvalue weighted by molar-refractivity contribution is -0.592. The first-order chi connectivity index (χ1) is 17.2. The summed E-state index contributed by atoms with van der Waals surface area (Å²) in [6.07, 6.45) is 2.70. The molecule has 5 rings (SSSR count). The van der Waals surface area contributed by atoms with Crippen molar-refractivity contribution in [1.82, 2.24) is 9.88 Å². The zero-order valence-corrected chi connectivity index (χ0v) is 19.9. The lowest BCUT2D eigenvalue weighted by Crippen LogP contribution is -2.38. The van der Waals surface area contributed by atoms with E-state index in [1.807, 2.05) is 0 Å². The van der Waals surface area contributed by atoms with Gasteiger partial charge in [-0.15, -0.1) is 0 Å². The Morgan fingerprint density at radius 2 is 1.61 bits per heavy atom. The van der Waals surface area contributed by atoms with Crippen LogP contribution in [0.2, 0.25) is 0 Å². The van der Waals surface area contributed by atoms with E-state index < -0.39 is 28.8 Å². The first-order valence-corrected chi connectivity index (χ1v) is 11.9. The number of piperidine rings is 1. The largest absolute Gasteiger partial charge is 0.618 e. The van der Waals surface area contributed by atoms with Crippen LogP contribution < -0.4 is 4.73 Å². The van der Waals surface area contributed by atoms with Crippen molar-refractivity contribution in [3.8, 4) is 22.4 Å². The Morgan fingerprint density at radius 1 is 0.917 bits per heavy atom. The number of halogens is 4. The molecule has 8 heteroatoms. The highest BCUT2D eigenvalue weighted by molar-refractivity contribution is 6.00. The number of rotatable bonds is 4. The van der Waals surface area contributed by atoms with Gasteiger partial charge in [-0.25, -0.2) is 22.5 Å². The molecule has 0 radical (unpaired) electrons. The Labute approximate surface area is 206 Å². The zero-order valence-electron chi connectivity index (χ0n) is 19.9. The van der Waals surface area contributed by atoms with Crippen LogP contribution in [0.1, 0.15) is 38.3 Å². The second-order valence-electron chi connectivity index (χ2n) is 9.47. The first-order valence-electron chi connectivity index (χ1n) is 11.9. The summed E-state index contributed by atoms with van der Waals surface area (Å²) in [4.78, 5) is 7.10. The predicted octanol–water partition coefficient (Wildman–Crippen LogP) is 6.35. The number of pyridine rings is 2. The van der Waals surface area contributed by atoms with E-state index in [2.05, 4.69) is 18.7 Å². The molecule has 4 nitrogen and oxygen atoms in total. The molecule has 1 aliphatic heterocycles. The van der Waals surface area contributed by atoms with Gasteiger partial charge in [0.15, 0.2) is 6.20 Å². The van der Waals surface area contributed by atoms with Gasteiger partial charge in [0.1, 0.15) is 34.3 Å². The Kier molecular flexibility index (Phi) is 6.38. The zero-order chi connectivity index (χ0) is 25.6. The van der Waals surface area contributed by atoms with Crippen LogP contribution in [0.25, 0.3) is 33.3 Å². The molecular formula is C28H25F4N3O. The lowest BCUT2D eigenvalue weighted by Gasteiger charge is -2.34. The topological polar surface area (TPSA) is 43.1 Å². The third-order valence-corrected chi connectivity index (χ3v) is 7.00. The molecule has 4 aromatic rings. The molecular weight excluding hydrogens is 470 g/mol. The normalized spacial score (nSPS) is 15.2. The van der Waals surface area contributed by atoms with Gasteiger partial charge in [-0.2, -0.15) is 4.73 Å². The highest BCUT2D eigenvalue weighted by Crippen LogP contribution is 2.38. The van der Waals surface area contributed by atoms with E-state index in [9.17, 15) is 22.8 Å². The molecule has 1 fully saturated rings. The average molecular weight is 496 g/mol. The predicted molar refractivity (Wildman–Crippen MR) is 130 cm³/mol. The van der Waals surface area contributed by atoms with Crippen molar-refractivity contribution < 1.29 is 22.3 Å². The fraction of sp³-hybridized carbons (Fsp3) is 0.286.